The van der Waals surface area contributed by atoms with Gasteiger partial charge >= 0.3 is 6.18 Å². The van der Waals surface area contributed by atoms with E-state index in [1.807, 2.05) is 0 Å². The lowest BCUT2D eigenvalue weighted by atomic mass is 10.0. The van der Waals surface area contributed by atoms with E-state index in [0.29, 0.717) is 22.4 Å². The summed E-state index contributed by atoms with van der Waals surface area (Å²) in [6.07, 6.45) is -3.18. The van der Waals surface area contributed by atoms with E-state index in [4.69, 9.17) is 0 Å². The molecule has 1 amide bonds. The Balaban J connectivity index is 1.67. The van der Waals surface area contributed by atoms with Gasteiger partial charge in [-0.15, -0.1) is 0 Å². The predicted octanol–water partition coefficient (Wildman–Crippen LogP) is 4.22. The molecule has 0 N–H and O–H groups in total. The highest BCUT2D eigenvalue weighted by Crippen LogP contribution is 2.37. The number of benzene rings is 1. The van der Waals surface area contributed by atoms with Crippen molar-refractivity contribution in [2.45, 2.75) is 32.5 Å². The van der Waals surface area contributed by atoms with Crippen LogP contribution in [0.2, 0.25) is 0 Å². The van der Waals surface area contributed by atoms with Gasteiger partial charge in [-0.2, -0.15) is 18.4 Å². The van der Waals surface area contributed by atoms with Crippen molar-refractivity contribution >= 4 is 11.7 Å². The molecular formula is C22H16F3N5O. The molecule has 3 aromatic rings. The fraction of sp³-hybridized carbons (Fsp3) is 0.227. The van der Waals surface area contributed by atoms with Gasteiger partial charge in [-0.1, -0.05) is 24.3 Å². The largest absolute Gasteiger partial charge is 0.433 e. The Morgan fingerprint density at radius 3 is 2.58 bits per heavy atom. The molecule has 4 rings (SSSR count). The van der Waals surface area contributed by atoms with Gasteiger partial charge in [0, 0.05) is 23.7 Å². The van der Waals surface area contributed by atoms with Crippen molar-refractivity contribution in [3.05, 3.63) is 70.8 Å². The Hall–Kier alpha value is -3.80. The van der Waals surface area contributed by atoms with Gasteiger partial charge in [0.25, 0.3) is 0 Å². The van der Waals surface area contributed by atoms with E-state index in [2.05, 4.69) is 21.0 Å². The monoisotopic (exact) mass is 423 g/mol. The number of pyridine rings is 1. The van der Waals surface area contributed by atoms with Crippen LogP contribution in [0.4, 0.5) is 19.0 Å². The van der Waals surface area contributed by atoms with Crippen LogP contribution in [0.25, 0.3) is 11.3 Å². The lowest BCUT2D eigenvalue weighted by molar-refractivity contribution is -0.142. The highest BCUT2D eigenvalue weighted by molar-refractivity contribution is 5.95. The fourth-order valence-corrected chi connectivity index (χ4v) is 3.58. The van der Waals surface area contributed by atoms with Crippen LogP contribution in [0.1, 0.15) is 34.6 Å². The van der Waals surface area contributed by atoms with Crippen molar-refractivity contribution in [1.82, 2.24) is 15.0 Å². The van der Waals surface area contributed by atoms with E-state index in [0.717, 1.165) is 0 Å². The van der Waals surface area contributed by atoms with Crippen LogP contribution in [-0.4, -0.2) is 20.9 Å². The topological polar surface area (TPSA) is 82.8 Å². The van der Waals surface area contributed by atoms with Crippen molar-refractivity contribution in [2.75, 3.05) is 4.90 Å². The van der Waals surface area contributed by atoms with Gasteiger partial charge in [0.05, 0.1) is 23.9 Å². The standard InChI is InChI=1S/C22H16F3N5O/c1-13-28-20(22(23,24)25)17-7-9-19(31)30(21(17)29-13)12-14-6-8-18(27-11-14)16-5-3-2-4-15(16)10-26/h2-6,8,11H,7,9,12H2,1H3. The van der Waals surface area contributed by atoms with Crippen LogP contribution >= 0.6 is 0 Å². The number of nitriles is 1. The van der Waals surface area contributed by atoms with Gasteiger partial charge in [0.2, 0.25) is 5.91 Å². The SMILES string of the molecule is Cc1nc2c(c(C(F)(F)F)n1)CCC(=O)N2Cc1ccc(-c2ccccc2C#N)nc1. The third-order valence-corrected chi connectivity index (χ3v) is 5.00. The van der Waals surface area contributed by atoms with Crippen molar-refractivity contribution in [1.29, 1.82) is 5.26 Å². The van der Waals surface area contributed by atoms with E-state index in [1.165, 1.54) is 11.8 Å². The lowest BCUT2D eigenvalue weighted by Gasteiger charge is -2.30. The van der Waals surface area contributed by atoms with Crippen molar-refractivity contribution in [3.63, 3.8) is 0 Å². The number of hydrogen-bond donors (Lipinski definition) is 0. The molecule has 0 saturated heterocycles. The summed E-state index contributed by atoms with van der Waals surface area (Å²) in [5, 5.41) is 9.26. The quantitative estimate of drug-likeness (QED) is 0.630. The molecule has 0 unspecified atom stereocenters. The third-order valence-electron chi connectivity index (χ3n) is 5.00. The maximum Gasteiger partial charge on any atom is 0.433 e. The van der Waals surface area contributed by atoms with E-state index < -0.39 is 11.9 Å². The maximum atomic E-state index is 13.4. The number of carbonyl (C=O) groups excluding carboxylic acids is 1. The summed E-state index contributed by atoms with van der Waals surface area (Å²) in [4.78, 5) is 25.9. The fourth-order valence-electron chi connectivity index (χ4n) is 3.58. The minimum atomic E-state index is -4.62. The third kappa shape index (κ3) is 3.97. The first kappa shape index (κ1) is 20.5. The Morgan fingerprint density at radius 2 is 1.90 bits per heavy atom. The van der Waals surface area contributed by atoms with Crippen LogP contribution in [0.3, 0.4) is 0 Å². The average Bonchev–Trinajstić information content (AvgIpc) is 2.75. The summed E-state index contributed by atoms with van der Waals surface area (Å²) in [6.45, 7) is 1.41. The van der Waals surface area contributed by atoms with Gasteiger partial charge in [-0.05, 0) is 31.0 Å². The Morgan fingerprint density at radius 1 is 1.13 bits per heavy atom. The summed E-state index contributed by atoms with van der Waals surface area (Å²) in [6, 6.07) is 12.6. The molecule has 0 saturated carbocycles. The normalized spacial score (nSPS) is 13.6. The Labute approximate surface area is 176 Å². The summed E-state index contributed by atoms with van der Waals surface area (Å²) < 4.78 is 40.3. The number of carbonyl (C=O) groups is 1. The molecule has 0 aliphatic carbocycles. The zero-order valence-electron chi connectivity index (χ0n) is 16.4. The number of hydrogen-bond acceptors (Lipinski definition) is 5. The summed E-state index contributed by atoms with van der Waals surface area (Å²) in [7, 11) is 0. The van der Waals surface area contributed by atoms with Gasteiger partial charge in [-0.3, -0.25) is 14.7 Å². The molecule has 1 aliphatic rings. The Bertz CT molecular complexity index is 1200. The molecule has 9 heteroatoms. The maximum absolute atomic E-state index is 13.4. The van der Waals surface area contributed by atoms with E-state index in [-0.39, 0.29) is 42.5 Å². The van der Waals surface area contributed by atoms with Crippen molar-refractivity contribution < 1.29 is 18.0 Å². The molecule has 1 aliphatic heterocycles. The molecular weight excluding hydrogens is 407 g/mol. The smallest absolute Gasteiger partial charge is 0.292 e. The molecule has 0 fully saturated rings. The second-order valence-electron chi connectivity index (χ2n) is 7.11. The first-order valence-electron chi connectivity index (χ1n) is 9.47. The minimum Gasteiger partial charge on any atom is -0.292 e. The number of amides is 1. The van der Waals surface area contributed by atoms with Crippen LogP contribution < -0.4 is 4.90 Å². The summed E-state index contributed by atoms with van der Waals surface area (Å²) >= 11 is 0. The van der Waals surface area contributed by atoms with Crippen molar-refractivity contribution in [2.24, 2.45) is 0 Å². The van der Waals surface area contributed by atoms with Crippen LogP contribution in [-0.2, 0) is 23.9 Å². The highest BCUT2D eigenvalue weighted by atomic mass is 19.4. The molecule has 0 bridgehead atoms. The molecule has 2 aromatic heterocycles. The predicted molar refractivity (Wildman–Crippen MR) is 106 cm³/mol. The Kier molecular flexibility index (Phi) is 5.15. The molecule has 0 atom stereocenters. The van der Waals surface area contributed by atoms with E-state index in [1.54, 1.807) is 42.6 Å². The van der Waals surface area contributed by atoms with Crippen molar-refractivity contribution in [3.8, 4) is 17.3 Å². The first-order valence-corrected chi connectivity index (χ1v) is 9.47. The van der Waals surface area contributed by atoms with Crippen LogP contribution in [0.5, 0.6) is 0 Å². The summed E-state index contributed by atoms with van der Waals surface area (Å²) in [5.41, 5.74) is 1.32. The molecule has 6 nitrogen and oxygen atoms in total. The number of rotatable bonds is 3. The van der Waals surface area contributed by atoms with Gasteiger partial charge < -0.3 is 0 Å². The highest BCUT2D eigenvalue weighted by Gasteiger charge is 2.40. The zero-order chi connectivity index (χ0) is 22.2. The number of fused-ring (bicyclic) bond motifs is 1. The lowest BCUT2D eigenvalue weighted by Crippen LogP contribution is -2.37. The number of aryl methyl sites for hydroxylation is 1. The number of anilines is 1. The molecule has 0 spiro atoms. The van der Waals surface area contributed by atoms with E-state index in [9.17, 15) is 23.2 Å². The average molecular weight is 423 g/mol. The second kappa shape index (κ2) is 7.80. The minimum absolute atomic E-state index is 0.00465. The molecule has 31 heavy (non-hydrogen) atoms. The number of aromatic nitrogens is 3. The first-order chi connectivity index (χ1) is 14.8. The number of halogens is 3. The van der Waals surface area contributed by atoms with Crippen LogP contribution in [0, 0.1) is 18.3 Å². The van der Waals surface area contributed by atoms with Gasteiger partial charge in [-0.25, -0.2) is 9.97 Å². The molecule has 0 radical (unpaired) electrons. The molecule has 3 heterocycles. The molecule has 156 valence electrons. The van der Waals surface area contributed by atoms with Gasteiger partial charge in [0.15, 0.2) is 5.69 Å². The summed E-state index contributed by atoms with van der Waals surface area (Å²) in [5.74, 6) is -0.361. The molecule has 1 aromatic carbocycles. The van der Waals surface area contributed by atoms with Gasteiger partial charge in [0.1, 0.15) is 11.6 Å². The van der Waals surface area contributed by atoms with Crippen LogP contribution in [0.15, 0.2) is 42.6 Å². The number of nitrogens with zero attached hydrogens (tertiary/aromatic N) is 5. The van der Waals surface area contributed by atoms with E-state index >= 15 is 0 Å². The number of alkyl halides is 3. The zero-order valence-corrected chi connectivity index (χ0v) is 16.4. The second-order valence-corrected chi connectivity index (χ2v) is 7.11.